The van der Waals surface area contributed by atoms with E-state index in [9.17, 15) is 9.59 Å². The van der Waals surface area contributed by atoms with E-state index in [2.05, 4.69) is 15.9 Å². The van der Waals surface area contributed by atoms with Crippen LogP contribution in [0.5, 0.6) is 5.75 Å². The van der Waals surface area contributed by atoms with Crippen LogP contribution in [0.1, 0.15) is 33.2 Å². The fraction of sp³-hybridized carbons (Fsp3) is 0.176. The summed E-state index contributed by atoms with van der Waals surface area (Å²) in [7, 11) is 0. The molecule has 0 aliphatic heterocycles. The molecule has 0 saturated heterocycles. The van der Waals surface area contributed by atoms with E-state index in [1.807, 2.05) is 19.1 Å². The summed E-state index contributed by atoms with van der Waals surface area (Å²) in [4.78, 5) is 24.1. The Balaban J connectivity index is 2.27. The van der Waals surface area contributed by atoms with Crippen molar-refractivity contribution >= 4 is 27.9 Å². The van der Waals surface area contributed by atoms with Gasteiger partial charge in [-0.2, -0.15) is 0 Å². The van der Waals surface area contributed by atoms with E-state index in [1.165, 1.54) is 0 Å². The molecule has 114 valence electrons. The molecule has 0 saturated carbocycles. The fourth-order valence-electron chi connectivity index (χ4n) is 1.81. The molecule has 0 aliphatic rings. The maximum atomic E-state index is 12.2. The highest BCUT2D eigenvalue weighted by atomic mass is 79.9. The molecule has 5 heteroatoms. The van der Waals surface area contributed by atoms with E-state index in [1.54, 1.807) is 37.3 Å². The summed E-state index contributed by atoms with van der Waals surface area (Å²) in [5, 5.41) is 0. The highest BCUT2D eigenvalue weighted by Crippen LogP contribution is 2.25. The Kier molecular flexibility index (Phi) is 5.33. The third-order valence-corrected chi connectivity index (χ3v) is 3.42. The van der Waals surface area contributed by atoms with E-state index in [0.29, 0.717) is 10.0 Å². The molecule has 0 radical (unpaired) electrons. The number of carbonyl (C=O) groups is 2. The van der Waals surface area contributed by atoms with Crippen molar-refractivity contribution in [2.45, 2.75) is 13.8 Å². The Labute approximate surface area is 137 Å². The lowest BCUT2D eigenvalue weighted by Crippen LogP contribution is -2.13. The first-order valence-electron chi connectivity index (χ1n) is 6.76. The molecule has 0 fully saturated rings. The molecule has 0 aromatic heterocycles. The predicted octanol–water partition coefficient (Wildman–Crippen LogP) is 4.15. The van der Waals surface area contributed by atoms with Crippen molar-refractivity contribution in [3.05, 3.63) is 63.6 Å². The van der Waals surface area contributed by atoms with Gasteiger partial charge in [0.25, 0.3) is 0 Å². The van der Waals surface area contributed by atoms with Crippen molar-refractivity contribution in [1.82, 2.24) is 0 Å². The van der Waals surface area contributed by atoms with Crippen molar-refractivity contribution in [3.8, 4) is 5.75 Å². The average Bonchev–Trinajstić information content (AvgIpc) is 2.50. The Bertz CT molecular complexity index is 692. The van der Waals surface area contributed by atoms with Gasteiger partial charge in [-0.3, -0.25) is 0 Å². The lowest BCUT2D eigenvalue weighted by Gasteiger charge is -2.10. The zero-order valence-electron chi connectivity index (χ0n) is 12.3. The third kappa shape index (κ3) is 3.95. The summed E-state index contributed by atoms with van der Waals surface area (Å²) in [6.07, 6.45) is 0. The van der Waals surface area contributed by atoms with Crippen molar-refractivity contribution < 1.29 is 19.1 Å². The van der Waals surface area contributed by atoms with Gasteiger partial charge in [0.2, 0.25) is 0 Å². The summed E-state index contributed by atoms with van der Waals surface area (Å²) in [5.41, 5.74) is 1.67. The minimum absolute atomic E-state index is 0.173. The van der Waals surface area contributed by atoms with Gasteiger partial charge in [-0.05, 0) is 44.2 Å². The van der Waals surface area contributed by atoms with Crippen molar-refractivity contribution in [2.75, 3.05) is 6.61 Å². The maximum Gasteiger partial charge on any atom is 0.343 e. The molecule has 4 nitrogen and oxygen atoms in total. The van der Waals surface area contributed by atoms with E-state index in [4.69, 9.17) is 9.47 Å². The van der Waals surface area contributed by atoms with Crippen LogP contribution < -0.4 is 4.74 Å². The first-order valence-corrected chi connectivity index (χ1v) is 7.56. The van der Waals surface area contributed by atoms with E-state index in [-0.39, 0.29) is 17.9 Å². The van der Waals surface area contributed by atoms with Crippen LogP contribution >= 0.6 is 15.9 Å². The Morgan fingerprint density at radius 2 is 1.73 bits per heavy atom. The number of hydrogen-bond acceptors (Lipinski definition) is 4. The monoisotopic (exact) mass is 362 g/mol. The molecular formula is C17H15BrO4. The quantitative estimate of drug-likeness (QED) is 0.605. The molecule has 0 amide bonds. The molecule has 2 aromatic carbocycles. The predicted molar refractivity (Wildman–Crippen MR) is 86.2 cm³/mol. The Morgan fingerprint density at radius 3 is 2.36 bits per heavy atom. The summed E-state index contributed by atoms with van der Waals surface area (Å²) in [6, 6.07) is 11.8. The molecule has 0 aliphatic carbocycles. The molecule has 2 rings (SSSR count). The summed E-state index contributed by atoms with van der Waals surface area (Å²) in [5.74, 6) is -0.879. The van der Waals surface area contributed by atoms with Gasteiger partial charge in [-0.1, -0.05) is 33.6 Å². The van der Waals surface area contributed by atoms with Crippen LogP contribution in [0.4, 0.5) is 0 Å². The van der Waals surface area contributed by atoms with Crippen molar-refractivity contribution in [1.29, 1.82) is 0 Å². The van der Waals surface area contributed by atoms with Gasteiger partial charge >= 0.3 is 11.9 Å². The van der Waals surface area contributed by atoms with Gasteiger partial charge in [0.1, 0.15) is 11.3 Å². The van der Waals surface area contributed by atoms with Gasteiger partial charge in [-0.15, -0.1) is 0 Å². The van der Waals surface area contributed by atoms with Crippen LogP contribution in [0.2, 0.25) is 0 Å². The second kappa shape index (κ2) is 7.22. The zero-order chi connectivity index (χ0) is 16.1. The summed E-state index contributed by atoms with van der Waals surface area (Å²) in [6.45, 7) is 3.90. The number of esters is 2. The van der Waals surface area contributed by atoms with Crippen molar-refractivity contribution in [2.24, 2.45) is 0 Å². The number of aryl methyl sites for hydroxylation is 1. The number of halogens is 1. The zero-order valence-corrected chi connectivity index (χ0v) is 13.8. The van der Waals surface area contributed by atoms with Crippen LogP contribution in [0.25, 0.3) is 0 Å². The maximum absolute atomic E-state index is 12.2. The lowest BCUT2D eigenvalue weighted by molar-refractivity contribution is 0.0520. The van der Waals surface area contributed by atoms with Gasteiger partial charge in [0.15, 0.2) is 0 Å². The van der Waals surface area contributed by atoms with Gasteiger partial charge in [-0.25, -0.2) is 9.59 Å². The molecule has 0 heterocycles. The normalized spacial score (nSPS) is 10.1. The second-order valence-electron chi connectivity index (χ2n) is 4.62. The minimum Gasteiger partial charge on any atom is -0.462 e. The highest BCUT2D eigenvalue weighted by Gasteiger charge is 2.18. The molecule has 0 atom stereocenters. The molecule has 0 spiro atoms. The number of rotatable bonds is 4. The second-order valence-corrected chi connectivity index (χ2v) is 5.53. The number of carbonyl (C=O) groups excluding carboxylic acids is 2. The van der Waals surface area contributed by atoms with Gasteiger partial charge in [0, 0.05) is 4.47 Å². The average molecular weight is 363 g/mol. The molecule has 0 bridgehead atoms. The molecular weight excluding hydrogens is 348 g/mol. The molecule has 2 aromatic rings. The van der Waals surface area contributed by atoms with Crippen LogP contribution in [0.3, 0.4) is 0 Å². The SMILES string of the molecule is CCOC(=O)c1cc(Br)ccc1OC(=O)c1ccc(C)cc1. The highest BCUT2D eigenvalue weighted by molar-refractivity contribution is 9.10. The minimum atomic E-state index is -0.532. The van der Waals surface area contributed by atoms with Crippen LogP contribution in [0, 0.1) is 6.92 Å². The standard InChI is InChI=1S/C17H15BrO4/c1-3-21-17(20)14-10-13(18)8-9-15(14)22-16(19)12-6-4-11(2)5-7-12/h4-10H,3H2,1-2H3. The molecule has 0 unspecified atom stereocenters. The Morgan fingerprint density at radius 1 is 1.05 bits per heavy atom. The van der Waals surface area contributed by atoms with E-state index >= 15 is 0 Å². The summed E-state index contributed by atoms with van der Waals surface area (Å²) >= 11 is 3.29. The van der Waals surface area contributed by atoms with Crippen LogP contribution in [-0.4, -0.2) is 18.5 Å². The molecule has 0 N–H and O–H groups in total. The molecule has 22 heavy (non-hydrogen) atoms. The van der Waals surface area contributed by atoms with Crippen molar-refractivity contribution in [3.63, 3.8) is 0 Å². The largest absolute Gasteiger partial charge is 0.462 e. The fourth-order valence-corrected chi connectivity index (χ4v) is 2.17. The number of benzene rings is 2. The first kappa shape index (κ1) is 16.2. The lowest BCUT2D eigenvalue weighted by atomic mass is 10.1. The topological polar surface area (TPSA) is 52.6 Å². The Hall–Kier alpha value is -2.14. The van der Waals surface area contributed by atoms with Crippen LogP contribution in [-0.2, 0) is 4.74 Å². The van der Waals surface area contributed by atoms with E-state index in [0.717, 1.165) is 5.56 Å². The van der Waals surface area contributed by atoms with Gasteiger partial charge in [0.05, 0.1) is 12.2 Å². The number of hydrogen-bond donors (Lipinski definition) is 0. The summed E-state index contributed by atoms with van der Waals surface area (Å²) < 4.78 is 11.0. The van der Waals surface area contributed by atoms with Gasteiger partial charge < -0.3 is 9.47 Å². The van der Waals surface area contributed by atoms with E-state index < -0.39 is 11.9 Å². The smallest absolute Gasteiger partial charge is 0.343 e. The number of ether oxygens (including phenoxy) is 2. The third-order valence-electron chi connectivity index (χ3n) is 2.93. The van der Waals surface area contributed by atoms with Crippen LogP contribution in [0.15, 0.2) is 46.9 Å². The first-order chi connectivity index (χ1) is 10.5.